The molecule has 1 rings (SSSR count). The highest BCUT2D eigenvalue weighted by molar-refractivity contribution is 9.10. The number of carboxylic acids is 1. The minimum absolute atomic E-state index is 0.0370. The third kappa shape index (κ3) is 2.92. The van der Waals surface area contributed by atoms with Gasteiger partial charge in [-0.1, -0.05) is 0 Å². The highest BCUT2D eigenvalue weighted by Crippen LogP contribution is 2.30. The molecule has 0 heterocycles. The zero-order valence-electron chi connectivity index (χ0n) is 8.25. The van der Waals surface area contributed by atoms with E-state index >= 15 is 0 Å². The average molecular weight is 277 g/mol. The predicted molar refractivity (Wildman–Crippen MR) is 56.8 cm³/mol. The number of carbonyl (C=O) groups is 1. The molecule has 1 aromatic carbocycles. The third-order valence-electron chi connectivity index (χ3n) is 1.60. The van der Waals surface area contributed by atoms with Crippen molar-refractivity contribution in [2.45, 2.75) is 20.0 Å². The van der Waals surface area contributed by atoms with Gasteiger partial charge in [-0.25, -0.2) is 9.18 Å². The Morgan fingerprint density at radius 1 is 1.53 bits per heavy atom. The van der Waals surface area contributed by atoms with Crippen LogP contribution in [0.3, 0.4) is 0 Å². The second kappa shape index (κ2) is 4.61. The summed E-state index contributed by atoms with van der Waals surface area (Å²) in [5.74, 6) is -1.82. The van der Waals surface area contributed by atoms with Gasteiger partial charge >= 0.3 is 5.97 Å². The summed E-state index contributed by atoms with van der Waals surface area (Å²) >= 11 is 3.07. The maximum Gasteiger partial charge on any atom is 0.335 e. The van der Waals surface area contributed by atoms with Crippen LogP contribution in [0.4, 0.5) is 4.39 Å². The highest BCUT2D eigenvalue weighted by atomic mass is 79.9. The number of hydrogen-bond donors (Lipinski definition) is 1. The lowest BCUT2D eigenvalue weighted by atomic mass is 10.2. The standard InChI is InChI=1S/C10H10BrFO3/c1-5(2)15-9-7(11)3-6(10(13)14)4-8(9)12/h3-5H,1-2H3,(H,13,14). The molecule has 0 aromatic heterocycles. The summed E-state index contributed by atoms with van der Waals surface area (Å²) in [5, 5.41) is 8.68. The molecule has 0 aliphatic carbocycles. The molecule has 0 atom stereocenters. The summed E-state index contributed by atoms with van der Waals surface area (Å²) in [7, 11) is 0. The molecule has 0 aliphatic heterocycles. The molecular weight excluding hydrogens is 267 g/mol. The second-order valence-corrected chi connectivity index (χ2v) is 4.10. The van der Waals surface area contributed by atoms with Gasteiger partial charge in [-0.3, -0.25) is 0 Å². The fraction of sp³-hybridized carbons (Fsp3) is 0.300. The van der Waals surface area contributed by atoms with Crippen molar-refractivity contribution in [3.8, 4) is 5.75 Å². The molecule has 15 heavy (non-hydrogen) atoms. The van der Waals surface area contributed by atoms with Crippen LogP contribution < -0.4 is 4.74 Å². The van der Waals surface area contributed by atoms with Gasteiger partial charge in [0.15, 0.2) is 11.6 Å². The Morgan fingerprint density at radius 3 is 2.53 bits per heavy atom. The molecule has 3 nitrogen and oxygen atoms in total. The smallest absolute Gasteiger partial charge is 0.335 e. The Balaban J connectivity index is 3.15. The summed E-state index contributed by atoms with van der Waals surface area (Å²) in [6.45, 7) is 3.52. The predicted octanol–water partition coefficient (Wildman–Crippen LogP) is 3.07. The van der Waals surface area contributed by atoms with Crippen LogP contribution in [0.25, 0.3) is 0 Å². The van der Waals surface area contributed by atoms with E-state index in [9.17, 15) is 9.18 Å². The second-order valence-electron chi connectivity index (χ2n) is 3.24. The molecule has 0 radical (unpaired) electrons. The largest absolute Gasteiger partial charge is 0.487 e. The number of rotatable bonds is 3. The molecule has 0 spiro atoms. The fourth-order valence-corrected chi connectivity index (χ4v) is 1.56. The van der Waals surface area contributed by atoms with Crippen molar-refractivity contribution in [1.29, 1.82) is 0 Å². The van der Waals surface area contributed by atoms with Gasteiger partial charge in [0.1, 0.15) is 0 Å². The first-order valence-corrected chi connectivity index (χ1v) is 5.10. The summed E-state index contributed by atoms with van der Waals surface area (Å²) in [4.78, 5) is 10.6. The molecule has 0 saturated heterocycles. The van der Waals surface area contributed by atoms with Crippen LogP contribution in [-0.4, -0.2) is 17.2 Å². The first kappa shape index (κ1) is 12.0. The molecule has 0 unspecified atom stereocenters. The van der Waals surface area contributed by atoms with E-state index in [0.717, 1.165) is 6.07 Å². The number of carboxylic acid groups (broad SMARTS) is 1. The quantitative estimate of drug-likeness (QED) is 0.923. The van der Waals surface area contributed by atoms with Gasteiger partial charge in [0.25, 0.3) is 0 Å². The van der Waals surface area contributed by atoms with Crippen molar-refractivity contribution in [1.82, 2.24) is 0 Å². The van der Waals surface area contributed by atoms with Crippen LogP contribution in [0.15, 0.2) is 16.6 Å². The van der Waals surface area contributed by atoms with Gasteiger partial charge in [-0.2, -0.15) is 0 Å². The number of hydrogen-bond acceptors (Lipinski definition) is 2. The number of ether oxygens (including phenoxy) is 1. The lowest BCUT2D eigenvalue weighted by Crippen LogP contribution is -2.08. The molecule has 5 heteroatoms. The molecule has 1 aromatic rings. The fourth-order valence-electron chi connectivity index (χ4n) is 1.03. The van der Waals surface area contributed by atoms with Crippen molar-refractivity contribution in [3.05, 3.63) is 28.0 Å². The minimum Gasteiger partial charge on any atom is -0.487 e. The Hall–Kier alpha value is -1.10. The number of halogens is 2. The van der Waals surface area contributed by atoms with E-state index in [1.807, 2.05) is 0 Å². The average Bonchev–Trinajstić information content (AvgIpc) is 2.10. The van der Waals surface area contributed by atoms with Crippen molar-refractivity contribution >= 4 is 21.9 Å². The lowest BCUT2D eigenvalue weighted by molar-refractivity contribution is 0.0696. The molecule has 82 valence electrons. The van der Waals surface area contributed by atoms with E-state index in [4.69, 9.17) is 9.84 Å². The van der Waals surface area contributed by atoms with Crippen LogP contribution in [0, 0.1) is 5.82 Å². The summed E-state index contributed by atoms with van der Waals surface area (Å²) in [6, 6.07) is 2.24. The lowest BCUT2D eigenvalue weighted by Gasteiger charge is -2.12. The SMILES string of the molecule is CC(C)Oc1c(F)cc(C(=O)O)cc1Br. The van der Waals surface area contributed by atoms with E-state index in [1.54, 1.807) is 13.8 Å². The molecule has 0 amide bonds. The highest BCUT2D eigenvalue weighted by Gasteiger charge is 2.14. The van der Waals surface area contributed by atoms with E-state index in [1.165, 1.54) is 6.07 Å². The first-order chi connectivity index (χ1) is 6.91. The van der Waals surface area contributed by atoms with E-state index in [0.29, 0.717) is 4.47 Å². The summed E-state index contributed by atoms with van der Waals surface area (Å²) in [6.07, 6.45) is -0.175. The van der Waals surface area contributed by atoms with Gasteiger partial charge in [0.2, 0.25) is 0 Å². The van der Waals surface area contributed by atoms with Crippen LogP contribution in [0.2, 0.25) is 0 Å². The Kier molecular flexibility index (Phi) is 3.68. The normalized spacial score (nSPS) is 10.5. The van der Waals surface area contributed by atoms with Crippen LogP contribution in [0.1, 0.15) is 24.2 Å². The minimum atomic E-state index is -1.18. The van der Waals surface area contributed by atoms with Crippen LogP contribution in [0.5, 0.6) is 5.75 Å². The van der Waals surface area contributed by atoms with Crippen molar-refractivity contribution in [2.24, 2.45) is 0 Å². The Bertz CT molecular complexity index is 367. The number of benzene rings is 1. The molecular formula is C10H10BrFO3. The van der Waals surface area contributed by atoms with E-state index in [2.05, 4.69) is 15.9 Å². The summed E-state index contributed by atoms with van der Waals surface area (Å²) in [5.41, 5.74) is -0.115. The molecule has 0 fully saturated rings. The molecule has 1 N–H and O–H groups in total. The van der Waals surface area contributed by atoms with Crippen molar-refractivity contribution in [3.63, 3.8) is 0 Å². The monoisotopic (exact) mass is 276 g/mol. The topological polar surface area (TPSA) is 46.5 Å². The van der Waals surface area contributed by atoms with Gasteiger partial charge in [0, 0.05) is 0 Å². The Morgan fingerprint density at radius 2 is 2.13 bits per heavy atom. The van der Waals surface area contributed by atoms with Gasteiger partial charge in [-0.15, -0.1) is 0 Å². The zero-order chi connectivity index (χ0) is 11.6. The van der Waals surface area contributed by atoms with Crippen molar-refractivity contribution < 1.29 is 19.0 Å². The van der Waals surface area contributed by atoms with Crippen LogP contribution >= 0.6 is 15.9 Å². The molecule has 0 saturated carbocycles. The van der Waals surface area contributed by atoms with Gasteiger partial charge < -0.3 is 9.84 Å². The number of aromatic carboxylic acids is 1. The van der Waals surface area contributed by atoms with Crippen molar-refractivity contribution in [2.75, 3.05) is 0 Å². The van der Waals surface area contributed by atoms with E-state index < -0.39 is 11.8 Å². The van der Waals surface area contributed by atoms with E-state index in [-0.39, 0.29) is 17.4 Å². The van der Waals surface area contributed by atoms with Gasteiger partial charge in [-0.05, 0) is 41.9 Å². The Labute approximate surface area is 95.0 Å². The summed E-state index contributed by atoms with van der Waals surface area (Å²) < 4.78 is 18.9. The van der Waals surface area contributed by atoms with Gasteiger partial charge in [0.05, 0.1) is 16.1 Å². The maximum absolute atomic E-state index is 13.4. The molecule has 0 bridgehead atoms. The third-order valence-corrected chi connectivity index (χ3v) is 2.19. The molecule has 0 aliphatic rings. The first-order valence-electron chi connectivity index (χ1n) is 4.30. The van der Waals surface area contributed by atoms with Crippen LogP contribution in [-0.2, 0) is 0 Å². The maximum atomic E-state index is 13.4. The zero-order valence-corrected chi connectivity index (χ0v) is 9.84.